The second-order valence-corrected chi connectivity index (χ2v) is 8.40. The lowest BCUT2D eigenvalue weighted by atomic mass is 10.1. The Morgan fingerprint density at radius 3 is 2.77 bits per heavy atom. The van der Waals surface area contributed by atoms with E-state index in [1.165, 1.54) is 10.9 Å². The quantitative estimate of drug-likeness (QED) is 0.199. The number of carbonyl (C=O) groups excluding carboxylic acids is 1. The summed E-state index contributed by atoms with van der Waals surface area (Å²) in [7, 11) is -4.96. The van der Waals surface area contributed by atoms with Gasteiger partial charge in [-0.3, -0.25) is 13.9 Å². The molecule has 1 unspecified atom stereocenters. The summed E-state index contributed by atoms with van der Waals surface area (Å²) in [5.41, 5.74) is 6.07. The van der Waals surface area contributed by atoms with Crippen LogP contribution in [0, 0.1) is 0 Å². The highest BCUT2D eigenvalue weighted by Gasteiger charge is 2.46. The number of aliphatic hydroxyl groups excluding tert-OH is 2. The van der Waals surface area contributed by atoms with Crippen molar-refractivity contribution >= 4 is 42.1 Å². The van der Waals surface area contributed by atoms with Gasteiger partial charge in [0.2, 0.25) is 11.1 Å². The summed E-state index contributed by atoms with van der Waals surface area (Å²) in [5, 5.41) is 22.8. The normalized spacial score (nSPS) is 25.5. The molecule has 166 valence electrons. The molecule has 1 saturated heterocycles. The third-order valence-electron chi connectivity index (χ3n) is 4.33. The van der Waals surface area contributed by atoms with Crippen LogP contribution in [-0.4, -0.2) is 82.7 Å². The predicted molar refractivity (Wildman–Crippen MR) is 101 cm³/mol. The smallest absolute Gasteiger partial charge is 0.363 e. The van der Waals surface area contributed by atoms with Crippen molar-refractivity contribution in [1.82, 2.24) is 24.8 Å². The van der Waals surface area contributed by atoms with Crippen LogP contribution in [0.25, 0.3) is 11.2 Å². The molecule has 1 aliphatic rings. The molecular weight excluding hydrogens is 447 g/mol. The van der Waals surface area contributed by atoms with Crippen molar-refractivity contribution in [3.8, 4) is 0 Å². The van der Waals surface area contributed by atoms with E-state index in [0.717, 1.165) is 0 Å². The average Bonchev–Trinajstić information content (AvgIpc) is 3.17. The minimum Gasteiger partial charge on any atom is -0.387 e. The molecule has 1 amide bonds. The number of hydrogen-bond acceptors (Lipinski definition) is 10. The lowest BCUT2D eigenvalue weighted by Gasteiger charge is -2.21. The number of ether oxygens (including phenoxy) is 2. The zero-order chi connectivity index (χ0) is 22.2. The van der Waals surface area contributed by atoms with Crippen LogP contribution in [0.4, 0.5) is 5.82 Å². The van der Waals surface area contributed by atoms with Gasteiger partial charge in [-0.2, -0.15) is 9.97 Å². The maximum Gasteiger partial charge on any atom is 0.363 e. The Balaban J connectivity index is 1.79. The largest absolute Gasteiger partial charge is 0.387 e. The minimum absolute atomic E-state index is 0.00286. The monoisotopic (exact) mass is 466 g/mol. The fourth-order valence-corrected chi connectivity index (χ4v) is 3.81. The number of rotatable bonds is 7. The number of halogens is 1. The van der Waals surface area contributed by atoms with Crippen molar-refractivity contribution < 1.29 is 38.8 Å². The van der Waals surface area contributed by atoms with Gasteiger partial charge in [-0.15, -0.1) is 0 Å². The van der Waals surface area contributed by atoms with Gasteiger partial charge >= 0.3 is 7.60 Å². The Bertz CT molecular complexity index is 985. The van der Waals surface area contributed by atoms with Gasteiger partial charge in [0.15, 0.2) is 17.7 Å². The lowest BCUT2D eigenvalue weighted by molar-refractivity contribution is -0.132. The molecule has 0 aliphatic carbocycles. The molecule has 16 heteroatoms. The number of carbonyl (C=O) groups is 1. The molecule has 0 bridgehead atoms. The zero-order valence-corrected chi connectivity index (χ0v) is 17.1. The van der Waals surface area contributed by atoms with E-state index < -0.39 is 50.5 Å². The molecule has 1 fully saturated rings. The van der Waals surface area contributed by atoms with Gasteiger partial charge in [0.25, 0.3) is 5.91 Å². The fraction of sp³-hybridized carbons (Fsp3) is 0.571. The molecule has 30 heavy (non-hydrogen) atoms. The summed E-state index contributed by atoms with van der Waals surface area (Å²) in [6.07, 6.45) is -4.15. The third kappa shape index (κ3) is 4.40. The molecule has 3 rings (SSSR count). The van der Waals surface area contributed by atoms with Gasteiger partial charge in [0.05, 0.1) is 12.9 Å². The number of hydrogen-bond donors (Lipinski definition) is 6. The number of anilines is 1. The average molecular weight is 467 g/mol. The molecule has 3 heterocycles. The van der Waals surface area contributed by atoms with E-state index in [2.05, 4.69) is 20.3 Å². The van der Waals surface area contributed by atoms with E-state index in [4.69, 9.17) is 26.8 Å². The van der Waals surface area contributed by atoms with Crippen LogP contribution < -0.4 is 11.1 Å². The highest BCUT2D eigenvalue weighted by atomic mass is 35.5. The van der Waals surface area contributed by atoms with E-state index in [1.807, 2.05) is 0 Å². The summed E-state index contributed by atoms with van der Waals surface area (Å²) in [4.78, 5) is 42.4. The van der Waals surface area contributed by atoms with Crippen LogP contribution in [0.2, 0.25) is 5.28 Å². The van der Waals surface area contributed by atoms with Gasteiger partial charge in [-0.1, -0.05) is 0 Å². The van der Waals surface area contributed by atoms with Crippen LogP contribution >= 0.6 is 19.2 Å². The van der Waals surface area contributed by atoms with Crippen LogP contribution in [-0.2, 0) is 18.8 Å². The number of imidazole rings is 1. The van der Waals surface area contributed by atoms with Crippen molar-refractivity contribution in [3.63, 3.8) is 0 Å². The van der Waals surface area contributed by atoms with Crippen molar-refractivity contribution in [1.29, 1.82) is 0 Å². The third-order valence-corrected chi connectivity index (χ3v) is 5.50. The number of nitrogens with one attached hydrogen (secondary N) is 1. The maximum absolute atomic E-state index is 11.9. The molecule has 7 N–H and O–H groups in total. The van der Waals surface area contributed by atoms with Crippen LogP contribution in [0.1, 0.15) is 13.2 Å². The minimum atomic E-state index is -4.96. The predicted octanol–water partition coefficient (Wildman–Crippen LogP) is -1.66. The molecule has 14 nitrogen and oxygen atoms in total. The van der Waals surface area contributed by atoms with Gasteiger partial charge in [0, 0.05) is 6.54 Å². The van der Waals surface area contributed by atoms with E-state index >= 15 is 0 Å². The molecule has 0 aromatic carbocycles. The number of aliphatic hydroxyl groups is 2. The Labute approximate surface area is 174 Å². The highest BCUT2D eigenvalue weighted by Crippen LogP contribution is 2.42. The second kappa shape index (κ2) is 8.69. The van der Waals surface area contributed by atoms with Gasteiger partial charge in [0.1, 0.15) is 23.8 Å². The fourth-order valence-electron chi connectivity index (χ4n) is 2.97. The van der Waals surface area contributed by atoms with Crippen molar-refractivity contribution in [2.24, 2.45) is 0 Å². The van der Waals surface area contributed by atoms with Crippen molar-refractivity contribution in [2.75, 3.05) is 18.9 Å². The number of fused-ring (bicyclic) bond motifs is 1. The van der Waals surface area contributed by atoms with Gasteiger partial charge in [-0.25, -0.2) is 4.98 Å². The first-order valence-corrected chi connectivity index (χ1v) is 10.7. The Kier molecular flexibility index (Phi) is 6.60. The van der Waals surface area contributed by atoms with E-state index in [0.29, 0.717) is 0 Å². The van der Waals surface area contributed by atoms with E-state index in [9.17, 15) is 29.4 Å². The molecule has 0 radical (unpaired) electrons. The zero-order valence-electron chi connectivity index (χ0n) is 15.5. The van der Waals surface area contributed by atoms with Crippen molar-refractivity contribution in [2.45, 2.75) is 37.3 Å². The topological polar surface area (TPSA) is 215 Å². The number of nitrogens with two attached hydrogens (primary N) is 1. The molecule has 2 aromatic rings. The Morgan fingerprint density at radius 2 is 2.13 bits per heavy atom. The van der Waals surface area contributed by atoms with Gasteiger partial charge < -0.3 is 40.5 Å². The number of amides is 1. The Morgan fingerprint density at radius 1 is 1.43 bits per heavy atom. The van der Waals surface area contributed by atoms with Crippen molar-refractivity contribution in [3.05, 3.63) is 11.6 Å². The number of likely N-dealkylation sites (N-methyl/N-ethyl adjacent to an activating group) is 1. The lowest BCUT2D eigenvalue weighted by Crippen LogP contribution is -2.40. The molecule has 5 atom stereocenters. The molecule has 2 aromatic heterocycles. The Hall–Kier alpha value is -1.90. The number of nitrogens with zero attached hydrogens (tertiary/aromatic N) is 4. The standard InChI is InChI=1S/C14H20ClN6O8P/c1-2-17-11(24)13(30(25,26)27)28-3-5-7(22)8(23)12(29-5)21-4-18-6-9(16)19-14(15)20-10(6)21/h4-5,7-8,12-13,22-23H,2-3H2,1H3,(H,17,24)(H2,16,19,20)(H2,25,26,27)/t5-,7-,8-,12?,13-/m1/s1. The first-order valence-electron chi connectivity index (χ1n) is 8.66. The SMILES string of the molecule is CCNC(=O)[C@H](OC[C@H]1OC(n2cnc3c(N)nc(Cl)nc32)[C@H](O)[C@@H]1O)P(=O)(O)O. The summed E-state index contributed by atoms with van der Waals surface area (Å²) in [6.45, 7) is 1.10. The summed E-state index contributed by atoms with van der Waals surface area (Å²) in [5.74, 6) is -3.11. The summed E-state index contributed by atoms with van der Waals surface area (Å²) >= 11 is 5.81. The molecular formula is C14H20ClN6O8P. The second-order valence-electron chi connectivity index (χ2n) is 6.42. The molecule has 1 aliphatic heterocycles. The summed E-state index contributed by atoms with van der Waals surface area (Å²) < 4.78 is 23.5. The number of aromatic nitrogens is 4. The van der Waals surface area contributed by atoms with Crippen LogP contribution in [0.15, 0.2) is 6.33 Å². The number of nitrogen functional groups attached to an aromatic ring is 1. The summed E-state index contributed by atoms with van der Waals surface area (Å²) in [6, 6.07) is 0. The molecule has 0 saturated carbocycles. The van der Waals surface area contributed by atoms with E-state index in [1.54, 1.807) is 6.92 Å². The first kappa shape index (κ1) is 22.8. The first-order chi connectivity index (χ1) is 14.0. The highest BCUT2D eigenvalue weighted by molar-refractivity contribution is 7.53. The van der Waals surface area contributed by atoms with Crippen LogP contribution in [0.5, 0.6) is 0 Å². The maximum atomic E-state index is 11.9. The van der Waals surface area contributed by atoms with E-state index in [-0.39, 0.29) is 28.8 Å². The van der Waals surface area contributed by atoms with Crippen LogP contribution in [0.3, 0.4) is 0 Å². The molecule has 0 spiro atoms. The van der Waals surface area contributed by atoms with Gasteiger partial charge in [-0.05, 0) is 18.5 Å².